The standard InChI is InChI=1S/C21H25FN2OS/c1-2-25-20-10-6-5-9-19(20)23-21(26)24(18-7-3-4-8-18)15-16-11-13-17(22)14-12-16/h5-6,9-14,18H,2-4,7-8,15H2,1H3,(H,23,26). The van der Waals surface area contributed by atoms with E-state index in [4.69, 9.17) is 17.0 Å². The first-order chi connectivity index (χ1) is 12.7. The molecule has 0 spiro atoms. The van der Waals surface area contributed by atoms with Gasteiger partial charge >= 0.3 is 0 Å². The molecule has 1 saturated carbocycles. The molecule has 1 fully saturated rings. The molecule has 0 radical (unpaired) electrons. The first kappa shape index (κ1) is 18.6. The number of halogens is 1. The minimum Gasteiger partial charge on any atom is -0.492 e. The lowest BCUT2D eigenvalue weighted by molar-refractivity contribution is 0.311. The first-order valence-electron chi connectivity index (χ1n) is 9.21. The second kappa shape index (κ2) is 8.99. The van der Waals surface area contributed by atoms with Crippen LogP contribution in [-0.4, -0.2) is 22.7 Å². The Morgan fingerprint density at radius 3 is 2.54 bits per heavy atom. The summed E-state index contributed by atoms with van der Waals surface area (Å²) >= 11 is 5.75. The molecule has 138 valence electrons. The summed E-state index contributed by atoms with van der Waals surface area (Å²) in [4.78, 5) is 2.23. The zero-order valence-corrected chi connectivity index (χ0v) is 15.9. The molecule has 1 aliphatic carbocycles. The van der Waals surface area contributed by atoms with Crippen molar-refractivity contribution in [3.05, 3.63) is 59.9 Å². The van der Waals surface area contributed by atoms with Crippen molar-refractivity contribution in [3.63, 3.8) is 0 Å². The molecule has 0 aromatic heterocycles. The molecule has 26 heavy (non-hydrogen) atoms. The van der Waals surface area contributed by atoms with Crippen LogP contribution in [0.3, 0.4) is 0 Å². The van der Waals surface area contributed by atoms with Crippen LogP contribution in [0, 0.1) is 5.82 Å². The number of ether oxygens (including phenoxy) is 1. The Morgan fingerprint density at radius 1 is 1.15 bits per heavy atom. The van der Waals surface area contributed by atoms with E-state index in [2.05, 4.69) is 10.2 Å². The molecule has 0 bridgehead atoms. The summed E-state index contributed by atoms with van der Waals surface area (Å²) in [6.07, 6.45) is 4.72. The minimum absolute atomic E-state index is 0.215. The third-order valence-electron chi connectivity index (χ3n) is 4.72. The molecule has 3 rings (SSSR count). The average Bonchev–Trinajstić information content (AvgIpc) is 3.17. The number of hydrogen-bond acceptors (Lipinski definition) is 2. The van der Waals surface area contributed by atoms with Crippen molar-refractivity contribution in [1.82, 2.24) is 4.90 Å². The molecule has 0 saturated heterocycles. The minimum atomic E-state index is -0.215. The van der Waals surface area contributed by atoms with Crippen molar-refractivity contribution >= 4 is 23.0 Å². The zero-order chi connectivity index (χ0) is 18.4. The lowest BCUT2D eigenvalue weighted by atomic mass is 10.1. The molecule has 5 heteroatoms. The van der Waals surface area contributed by atoms with E-state index in [0.717, 1.165) is 29.8 Å². The van der Waals surface area contributed by atoms with Gasteiger partial charge in [0.1, 0.15) is 11.6 Å². The van der Waals surface area contributed by atoms with Crippen molar-refractivity contribution in [2.45, 2.75) is 45.2 Å². The van der Waals surface area contributed by atoms with Crippen LogP contribution >= 0.6 is 12.2 Å². The third-order valence-corrected chi connectivity index (χ3v) is 5.06. The Labute approximate surface area is 160 Å². The van der Waals surface area contributed by atoms with Crippen LogP contribution in [0.4, 0.5) is 10.1 Å². The van der Waals surface area contributed by atoms with Gasteiger partial charge in [0.2, 0.25) is 0 Å². The Morgan fingerprint density at radius 2 is 1.85 bits per heavy atom. The third kappa shape index (κ3) is 4.73. The molecule has 2 aromatic rings. The number of hydrogen-bond donors (Lipinski definition) is 1. The fraction of sp³-hybridized carbons (Fsp3) is 0.381. The number of nitrogens with one attached hydrogen (secondary N) is 1. The van der Waals surface area contributed by atoms with E-state index < -0.39 is 0 Å². The lowest BCUT2D eigenvalue weighted by Crippen LogP contribution is -2.41. The monoisotopic (exact) mass is 372 g/mol. The van der Waals surface area contributed by atoms with Crippen LogP contribution < -0.4 is 10.1 Å². The highest BCUT2D eigenvalue weighted by atomic mass is 32.1. The van der Waals surface area contributed by atoms with Crippen LogP contribution in [0.5, 0.6) is 5.75 Å². The number of benzene rings is 2. The number of rotatable bonds is 6. The van der Waals surface area contributed by atoms with Gasteiger partial charge < -0.3 is 15.0 Å². The molecule has 1 N–H and O–H groups in total. The van der Waals surface area contributed by atoms with Gasteiger partial charge in [-0.3, -0.25) is 0 Å². The van der Waals surface area contributed by atoms with Gasteiger partial charge in [0.15, 0.2) is 5.11 Å². The van der Waals surface area contributed by atoms with Gasteiger partial charge in [-0.25, -0.2) is 4.39 Å². The van der Waals surface area contributed by atoms with Crippen LogP contribution in [0.25, 0.3) is 0 Å². The van der Waals surface area contributed by atoms with Gasteiger partial charge in [0, 0.05) is 12.6 Å². The fourth-order valence-corrected chi connectivity index (χ4v) is 3.73. The number of para-hydroxylation sites is 2. The average molecular weight is 373 g/mol. The largest absolute Gasteiger partial charge is 0.492 e. The maximum Gasteiger partial charge on any atom is 0.174 e. The highest BCUT2D eigenvalue weighted by molar-refractivity contribution is 7.80. The Bertz CT molecular complexity index is 729. The Balaban J connectivity index is 1.77. The summed E-state index contributed by atoms with van der Waals surface area (Å²) in [6.45, 7) is 3.25. The highest BCUT2D eigenvalue weighted by Gasteiger charge is 2.25. The summed E-state index contributed by atoms with van der Waals surface area (Å²) in [5, 5.41) is 4.05. The summed E-state index contributed by atoms with van der Waals surface area (Å²) in [5.74, 6) is 0.581. The molecule has 1 aliphatic rings. The van der Waals surface area contributed by atoms with Crippen molar-refractivity contribution < 1.29 is 9.13 Å². The van der Waals surface area contributed by atoms with Crippen LogP contribution in [0.1, 0.15) is 38.2 Å². The van der Waals surface area contributed by atoms with E-state index in [0.29, 0.717) is 24.3 Å². The summed E-state index contributed by atoms with van der Waals surface area (Å²) in [6, 6.07) is 14.9. The van der Waals surface area contributed by atoms with Crippen molar-refractivity contribution in [3.8, 4) is 5.75 Å². The van der Waals surface area contributed by atoms with E-state index in [1.807, 2.05) is 43.3 Å². The number of nitrogens with zero attached hydrogens (tertiary/aromatic N) is 1. The Kier molecular flexibility index (Phi) is 6.45. The molecule has 0 heterocycles. The van der Waals surface area contributed by atoms with Crippen molar-refractivity contribution in [2.24, 2.45) is 0 Å². The second-order valence-electron chi connectivity index (χ2n) is 6.55. The normalized spacial score (nSPS) is 14.2. The summed E-state index contributed by atoms with van der Waals surface area (Å²) in [5.41, 5.74) is 1.93. The van der Waals surface area contributed by atoms with Gasteiger partial charge in [-0.15, -0.1) is 0 Å². The molecule has 2 aromatic carbocycles. The quantitative estimate of drug-likeness (QED) is 0.689. The predicted octanol–water partition coefficient (Wildman–Crippen LogP) is 5.37. The smallest absolute Gasteiger partial charge is 0.174 e. The SMILES string of the molecule is CCOc1ccccc1NC(=S)N(Cc1ccc(F)cc1)C1CCCC1. The highest BCUT2D eigenvalue weighted by Crippen LogP contribution is 2.28. The molecule has 0 unspecified atom stereocenters. The van der Waals surface area contributed by atoms with E-state index in [1.54, 1.807) is 0 Å². The summed E-state index contributed by atoms with van der Waals surface area (Å²) < 4.78 is 18.9. The van der Waals surface area contributed by atoms with Gasteiger partial charge in [-0.05, 0) is 61.8 Å². The van der Waals surface area contributed by atoms with Crippen LogP contribution in [-0.2, 0) is 6.54 Å². The van der Waals surface area contributed by atoms with Gasteiger partial charge in [0.25, 0.3) is 0 Å². The molecule has 3 nitrogen and oxygen atoms in total. The van der Waals surface area contributed by atoms with Gasteiger partial charge in [-0.1, -0.05) is 37.1 Å². The maximum absolute atomic E-state index is 13.2. The van der Waals surface area contributed by atoms with Crippen molar-refractivity contribution in [1.29, 1.82) is 0 Å². The lowest BCUT2D eigenvalue weighted by Gasteiger charge is -2.32. The fourth-order valence-electron chi connectivity index (χ4n) is 3.41. The molecular formula is C21H25FN2OS. The Hall–Kier alpha value is -2.14. The van der Waals surface area contributed by atoms with E-state index >= 15 is 0 Å². The van der Waals surface area contributed by atoms with Crippen LogP contribution in [0.15, 0.2) is 48.5 Å². The zero-order valence-electron chi connectivity index (χ0n) is 15.1. The summed E-state index contributed by atoms with van der Waals surface area (Å²) in [7, 11) is 0. The number of thiocarbonyl (C=S) groups is 1. The molecule has 0 amide bonds. The van der Waals surface area contributed by atoms with E-state index in [-0.39, 0.29) is 5.82 Å². The van der Waals surface area contributed by atoms with Crippen molar-refractivity contribution in [2.75, 3.05) is 11.9 Å². The van der Waals surface area contributed by atoms with E-state index in [1.165, 1.54) is 25.0 Å². The molecule has 0 atom stereocenters. The number of anilines is 1. The molecular weight excluding hydrogens is 347 g/mol. The predicted molar refractivity (Wildman–Crippen MR) is 108 cm³/mol. The van der Waals surface area contributed by atoms with Gasteiger partial charge in [0.05, 0.1) is 12.3 Å². The van der Waals surface area contributed by atoms with E-state index in [9.17, 15) is 4.39 Å². The molecule has 0 aliphatic heterocycles. The van der Waals surface area contributed by atoms with Crippen LogP contribution in [0.2, 0.25) is 0 Å². The second-order valence-corrected chi connectivity index (χ2v) is 6.94. The maximum atomic E-state index is 13.2. The first-order valence-corrected chi connectivity index (χ1v) is 9.62. The van der Waals surface area contributed by atoms with Gasteiger partial charge in [-0.2, -0.15) is 0 Å². The topological polar surface area (TPSA) is 24.5 Å².